The molecule has 0 saturated carbocycles. The number of nitrogens with one attached hydrogen (secondary N) is 1. The van der Waals surface area contributed by atoms with Crippen molar-refractivity contribution in [2.75, 3.05) is 6.54 Å². The predicted octanol–water partition coefficient (Wildman–Crippen LogP) is 14.5. The largest absolute Gasteiger partial charge is 0.353 e. The molecule has 0 aliphatic heterocycles. The Bertz CT molecular complexity index is 1670. The molecule has 0 bridgehead atoms. The summed E-state index contributed by atoms with van der Waals surface area (Å²) in [6, 6.07) is 0. The summed E-state index contributed by atoms with van der Waals surface area (Å²) in [7, 11) is 0. The Kier molecular flexibility index (Phi) is 22.1. The van der Waals surface area contributed by atoms with Crippen molar-refractivity contribution in [1.82, 2.24) is 5.32 Å². The minimum Gasteiger partial charge on any atom is -0.353 e. The first kappa shape index (κ1) is 49.4. The zero-order valence-electron chi connectivity index (χ0n) is 38.0. The highest BCUT2D eigenvalue weighted by Gasteiger charge is 2.27. The van der Waals surface area contributed by atoms with Crippen LogP contribution in [0.3, 0.4) is 0 Å². The van der Waals surface area contributed by atoms with Gasteiger partial charge in [0.2, 0.25) is 5.91 Å². The molecule has 0 radical (unpaired) electrons. The van der Waals surface area contributed by atoms with Crippen LogP contribution in [0.5, 0.6) is 0 Å². The second-order valence-electron chi connectivity index (χ2n) is 18.3. The van der Waals surface area contributed by atoms with Crippen molar-refractivity contribution in [3.8, 4) is 0 Å². The van der Waals surface area contributed by atoms with E-state index in [1.54, 1.807) is 12.2 Å². The molecule has 0 aromatic rings. The minimum absolute atomic E-state index is 0.00436. The van der Waals surface area contributed by atoms with Gasteiger partial charge in [-0.05, 0) is 139 Å². The van der Waals surface area contributed by atoms with E-state index in [0.29, 0.717) is 19.4 Å². The van der Waals surface area contributed by atoms with Gasteiger partial charge >= 0.3 is 0 Å². The van der Waals surface area contributed by atoms with Gasteiger partial charge in [-0.1, -0.05) is 143 Å². The van der Waals surface area contributed by atoms with Crippen LogP contribution in [0.2, 0.25) is 0 Å². The summed E-state index contributed by atoms with van der Waals surface area (Å²) >= 11 is 0. The van der Waals surface area contributed by atoms with Crippen molar-refractivity contribution in [1.29, 1.82) is 0 Å². The topological polar surface area (TPSA) is 63.2 Å². The summed E-state index contributed by atoms with van der Waals surface area (Å²) in [5.74, 6) is -0.216. The average molecular weight is 778 g/mol. The lowest BCUT2D eigenvalue weighted by Crippen LogP contribution is -2.23. The van der Waals surface area contributed by atoms with Gasteiger partial charge in [-0.25, -0.2) is 0 Å². The lowest BCUT2D eigenvalue weighted by Gasteiger charge is -2.33. The summed E-state index contributed by atoms with van der Waals surface area (Å²) in [6.07, 6.45) is 38.8. The fourth-order valence-corrected chi connectivity index (χ4v) is 8.21. The lowest BCUT2D eigenvalue weighted by molar-refractivity contribution is -0.126. The molecule has 4 heteroatoms. The van der Waals surface area contributed by atoms with Crippen LogP contribution < -0.4 is 5.32 Å². The first-order chi connectivity index (χ1) is 26.9. The highest BCUT2D eigenvalue weighted by Crippen LogP contribution is 2.41. The molecule has 0 aromatic carbocycles. The quantitative estimate of drug-likeness (QED) is 0.0638. The van der Waals surface area contributed by atoms with Crippen LogP contribution in [0.1, 0.15) is 172 Å². The van der Waals surface area contributed by atoms with Crippen LogP contribution in [0, 0.1) is 16.7 Å². The Morgan fingerprint density at radius 2 is 1.19 bits per heavy atom. The van der Waals surface area contributed by atoms with Gasteiger partial charge in [-0.2, -0.15) is 0 Å². The van der Waals surface area contributed by atoms with E-state index >= 15 is 0 Å². The lowest BCUT2D eigenvalue weighted by atomic mass is 9.72. The molecule has 0 heterocycles. The third-order valence-electron chi connectivity index (χ3n) is 11.8. The molecule has 1 amide bonds. The van der Waals surface area contributed by atoms with Gasteiger partial charge in [-0.15, -0.1) is 0 Å². The number of amides is 1. The summed E-state index contributed by atoms with van der Waals surface area (Å²) < 4.78 is 0. The Labute approximate surface area is 349 Å². The zero-order chi connectivity index (χ0) is 42.4. The number of carbonyl (C=O) groups is 3. The van der Waals surface area contributed by atoms with E-state index in [1.807, 2.05) is 38.2 Å². The van der Waals surface area contributed by atoms with Crippen LogP contribution >= 0.6 is 0 Å². The Balaban J connectivity index is 1.90. The standard InChI is InChI=1S/C53H79NO3/c1-12-13-14-15-29-50(56)46(39-47(55)37-42(4)24-18-22-40(2)30-32-48-44(6)26-20-34-52(48,8)9)28-16-17-36-54-51(57)38-43(5)25-19-23-41(3)31-33-49-45(7)27-21-35-53(49,10)11/h18-19,22-25,30-33,37-38,46H,12-17,20-21,26-29,34-36,39H2,1-11H3,(H,54,57)/b24-18+,25-19+,32-30+,33-31+,40-22+,41-23+,42-37+,43-38+. The molecule has 57 heavy (non-hydrogen) atoms. The minimum atomic E-state index is -0.287. The van der Waals surface area contributed by atoms with Gasteiger partial charge in [-0.3, -0.25) is 14.4 Å². The smallest absolute Gasteiger partial charge is 0.244 e. The first-order valence-electron chi connectivity index (χ1n) is 22.1. The van der Waals surface area contributed by atoms with E-state index < -0.39 is 0 Å². The molecule has 2 aliphatic carbocycles. The van der Waals surface area contributed by atoms with Crippen molar-refractivity contribution in [2.45, 2.75) is 172 Å². The monoisotopic (exact) mass is 778 g/mol. The molecule has 4 nitrogen and oxygen atoms in total. The molecular formula is C53H79NO3. The van der Waals surface area contributed by atoms with Crippen LogP contribution in [0.15, 0.2) is 117 Å². The van der Waals surface area contributed by atoms with Crippen molar-refractivity contribution >= 4 is 17.5 Å². The van der Waals surface area contributed by atoms with E-state index in [1.165, 1.54) is 66.4 Å². The zero-order valence-corrected chi connectivity index (χ0v) is 38.0. The molecular weight excluding hydrogens is 699 g/mol. The van der Waals surface area contributed by atoms with Crippen LogP contribution in [0.4, 0.5) is 0 Å². The Hall–Kier alpha value is -3.79. The van der Waals surface area contributed by atoms with Crippen molar-refractivity contribution in [2.24, 2.45) is 16.7 Å². The molecule has 2 aliphatic rings. The fourth-order valence-electron chi connectivity index (χ4n) is 8.21. The summed E-state index contributed by atoms with van der Waals surface area (Å²) in [5.41, 5.74) is 10.4. The van der Waals surface area contributed by atoms with E-state index in [-0.39, 0.29) is 40.6 Å². The van der Waals surface area contributed by atoms with Crippen molar-refractivity contribution in [3.63, 3.8) is 0 Å². The molecule has 1 atom stereocenters. The van der Waals surface area contributed by atoms with E-state index in [2.05, 4.69) is 104 Å². The van der Waals surface area contributed by atoms with Gasteiger partial charge in [0.05, 0.1) is 0 Å². The number of carbonyl (C=O) groups excluding carboxylic acids is 3. The Morgan fingerprint density at radius 3 is 1.70 bits per heavy atom. The third-order valence-corrected chi connectivity index (χ3v) is 11.8. The molecule has 1 unspecified atom stereocenters. The number of unbranched alkanes of at least 4 members (excludes halogenated alkanes) is 4. The number of hydrogen-bond acceptors (Lipinski definition) is 3. The number of rotatable bonds is 23. The molecule has 1 N–H and O–H groups in total. The third kappa shape index (κ3) is 19.5. The summed E-state index contributed by atoms with van der Waals surface area (Å²) in [6.45, 7) is 24.6. The molecule has 0 aromatic heterocycles. The number of hydrogen-bond donors (Lipinski definition) is 1. The highest BCUT2D eigenvalue weighted by atomic mass is 16.1. The Morgan fingerprint density at radius 1 is 0.667 bits per heavy atom. The number of Topliss-reactive ketones (excluding diaryl/α,β-unsaturated/α-hetero) is 1. The normalized spacial score (nSPS) is 19.1. The highest BCUT2D eigenvalue weighted by molar-refractivity contribution is 5.94. The maximum atomic E-state index is 13.3. The molecule has 314 valence electrons. The molecule has 2 rings (SSSR count). The van der Waals surface area contributed by atoms with E-state index in [9.17, 15) is 14.4 Å². The maximum Gasteiger partial charge on any atom is 0.244 e. The fraction of sp³-hybridized carbons (Fsp3) is 0.566. The summed E-state index contributed by atoms with van der Waals surface area (Å²) in [4.78, 5) is 39.1. The van der Waals surface area contributed by atoms with Gasteiger partial charge in [0, 0.05) is 31.4 Å². The van der Waals surface area contributed by atoms with Crippen LogP contribution in [-0.4, -0.2) is 24.0 Å². The van der Waals surface area contributed by atoms with E-state index in [4.69, 9.17) is 0 Å². The predicted molar refractivity (Wildman–Crippen MR) is 246 cm³/mol. The first-order valence-corrected chi connectivity index (χ1v) is 22.1. The van der Waals surface area contributed by atoms with Gasteiger partial charge in [0.15, 0.2) is 5.78 Å². The maximum absolute atomic E-state index is 13.3. The summed E-state index contributed by atoms with van der Waals surface area (Å²) in [5, 5.41) is 3.00. The van der Waals surface area contributed by atoms with Gasteiger partial charge < -0.3 is 5.32 Å². The van der Waals surface area contributed by atoms with Crippen molar-refractivity contribution in [3.05, 3.63) is 117 Å². The molecule has 0 fully saturated rings. The van der Waals surface area contributed by atoms with Gasteiger partial charge in [0.25, 0.3) is 0 Å². The second-order valence-corrected chi connectivity index (χ2v) is 18.3. The second kappa shape index (κ2) is 25.5. The van der Waals surface area contributed by atoms with E-state index in [0.717, 1.165) is 55.2 Å². The van der Waals surface area contributed by atoms with Crippen LogP contribution in [0.25, 0.3) is 0 Å². The van der Waals surface area contributed by atoms with Crippen LogP contribution in [-0.2, 0) is 14.4 Å². The number of allylic oxidation sites excluding steroid dienone is 19. The average Bonchev–Trinajstić information content (AvgIpc) is 3.11. The van der Waals surface area contributed by atoms with Crippen molar-refractivity contribution < 1.29 is 14.4 Å². The SMILES string of the molecule is CCCCCCC(=O)C(CCCCNC(=O)/C=C(C)/C=C/C=C(C)/C=C/C1=C(C)CCCC1(C)C)CC(=O)/C=C(C)/C=C/C=C(C)/C=C/C1=C(C)CCCC1(C)C. The molecule has 0 spiro atoms. The van der Waals surface area contributed by atoms with Gasteiger partial charge in [0.1, 0.15) is 5.78 Å². The number of ketones is 2. The molecule has 0 saturated heterocycles.